The van der Waals surface area contributed by atoms with Crippen LogP contribution in [0.3, 0.4) is 0 Å². The zero-order valence-electron chi connectivity index (χ0n) is 13.0. The third-order valence-electron chi connectivity index (χ3n) is 4.00. The average molecular weight is 353 g/mol. The lowest BCUT2D eigenvalue weighted by atomic mass is 10.2. The molecule has 2 heterocycles. The Labute approximate surface area is 145 Å². The second kappa shape index (κ2) is 6.42. The lowest BCUT2D eigenvalue weighted by molar-refractivity contribution is 0.0934. The highest BCUT2D eigenvalue weighted by Gasteiger charge is 2.26. The van der Waals surface area contributed by atoms with E-state index in [1.807, 2.05) is 32.3 Å². The fraction of sp³-hybridized carbons (Fsp3) is 0.375. The monoisotopic (exact) mass is 352 g/mol. The molecule has 1 aromatic carbocycles. The van der Waals surface area contributed by atoms with Gasteiger partial charge in [-0.3, -0.25) is 9.48 Å². The molecule has 3 rings (SSSR count). The van der Waals surface area contributed by atoms with Gasteiger partial charge in [0.05, 0.1) is 10.7 Å². The van der Waals surface area contributed by atoms with Crippen molar-refractivity contribution in [1.82, 2.24) is 15.1 Å². The minimum atomic E-state index is -0.128. The summed E-state index contributed by atoms with van der Waals surface area (Å²) < 4.78 is 1.65. The Morgan fingerprint density at radius 1 is 1.39 bits per heavy atom. The summed E-state index contributed by atoms with van der Waals surface area (Å²) in [5.74, 6) is -0.128. The van der Waals surface area contributed by atoms with Crippen molar-refractivity contribution in [2.24, 2.45) is 7.05 Å². The van der Waals surface area contributed by atoms with Gasteiger partial charge in [0.15, 0.2) is 5.69 Å². The highest BCUT2D eigenvalue weighted by Crippen LogP contribution is 2.31. The SMILES string of the molecule is Cc1cn(C)nc1C(=O)NC1CCN(c2ccc(Cl)cc2Cl)C1. The van der Waals surface area contributed by atoms with Crippen LogP contribution in [0.5, 0.6) is 0 Å². The average Bonchev–Trinajstić information content (AvgIpc) is 3.05. The normalized spacial score (nSPS) is 17.6. The number of nitrogens with one attached hydrogen (secondary N) is 1. The van der Waals surface area contributed by atoms with E-state index in [0.29, 0.717) is 15.7 Å². The Morgan fingerprint density at radius 2 is 2.17 bits per heavy atom. The van der Waals surface area contributed by atoms with Crippen LogP contribution < -0.4 is 10.2 Å². The van der Waals surface area contributed by atoms with Crippen LogP contribution in [0.4, 0.5) is 5.69 Å². The summed E-state index contributed by atoms with van der Waals surface area (Å²) in [5.41, 5.74) is 2.30. The summed E-state index contributed by atoms with van der Waals surface area (Å²) in [6, 6.07) is 5.56. The summed E-state index contributed by atoms with van der Waals surface area (Å²) >= 11 is 12.2. The fourth-order valence-corrected chi connectivity index (χ4v) is 3.45. The van der Waals surface area contributed by atoms with Crippen LogP contribution in [0, 0.1) is 6.92 Å². The van der Waals surface area contributed by atoms with Gasteiger partial charge < -0.3 is 10.2 Å². The van der Waals surface area contributed by atoms with E-state index in [1.165, 1.54) is 0 Å². The lowest BCUT2D eigenvalue weighted by Gasteiger charge is -2.20. The van der Waals surface area contributed by atoms with Gasteiger partial charge in [0.1, 0.15) is 0 Å². The molecule has 0 spiro atoms. The van der Waals surface area contributed by atoms with Crippen molar-refractivity contribution in [2.45, 2.75) is 19.4 Å². The number of carbonyl (C=O) groups excluding carboxylic acids is 1. The van der Waals surface area contributed by atoms with Gasteiger partial charge in [-0.15, -0.1) is 0 Å². The van der Waals surface area contributed by atoms with Gasteiger partial charge in [-0.1, -0.05) is 23.2 Å². The van der Waals surface area contributed by atoms with Crippen LogP contribution in [0.15, 0.2) is 24.4 Å². The first-order chi connectivity index (χ1) is 10.9. The molecule has 1 amide bonds. The summed E-state index contributed by atoms with van der Waals surface area (Å²) in [6.45, 7) is 3.45. The van der Waals surface area contributed by atoms with Gasteiger partial charge in [0.2, 0.25) is 0 Å². The molecule has 1 unspecified atom stereocenters. The van der Waals surface area contributed by atoms with E-state index in [4.69, 9.17) is 23.2 Å². The van der Waals surface area contributed by atoms with Crippen molar-refractivity contribution in [2.75, 3.05) is 18.0 Å². The number of carbonyl (C=O) groups is 1. The molecule has 7 heteroatoms. The smallest absolute Gasteiger partial charge is 0.272 e. The Hall–Kier alpha value is -1.72. The molecule has 1 aromatic heterocycles. The number of nitrogens with zero attached hydrogens (tertiary/aromatic N) is 3. The number of hydrogen-bond donors (Lipinski definition) is 1. The second-order valence-corrected chi connectivity index (χ2v) is 6.68. The molecule has 2 aromatic rings. The van der Waals surface area contributed by atoms with Crippen molar-refractivity contribution >= 4 is 34.8 Å². The first kappa shape index (κ1) is 16.1. The number of aryl methyl sites for hydroxylation is 2. The number of hydrogen-bond acceptors (Lipinski definition) is 3. The summed E-state index contributed by atoms with van der Waals surface area (Å²) in [6.07, 6.45) is 2.71. The van der Waals surface area contributed by atoms with Gasteiger partial charge in [-0.25, -0.2) is 0 Å². The standard InChI is InChI=1S/C16H18Cl2N4O/c1-10-8-21(2)20-15(10)16(23)19-12-5-6-22(9-12)14-4-3-11(17)7-13(14)18/h3-4,7-8,12H,5-6,9H2,1-2H3,(H,19,23). The van der Waals surface area contributed by atoms with Crippen molar-refractivity contribution in [3.05, 3.63) is 45.7 Å². The zero-order chi connectivity index (χ0) is 16.6. The topological polar surface area (TPSA) is 50.2 Å². The molecular weight excluding hydrogens is 335 g/mol. The van der Waals surface area contributed by atoms with E-state index in [-0.39, 0.29) is 11.9 Å². The Morgan fingerprint density at radius 3 is 2.83 bits per heavy atom. The van der Waals surface area contributed by atoms with E-state index in [9.17, 15) is 4.79 Å². The molecule has 1 fully saturated rings. The number of halogens is 2. The maximum Gasteiger partial charge on any atom is 0.272 e. The maximum atomic E-state index is 12.3. The minimum absolute atomic E-state index is 0.0793. The highest BCUT2D eigenvalue weighted by atomic mass is 35.5. The van der Waals surface area contributed by atoms with Gasteiger partial charge in [0.25, 0.3) is 5.91 Å². The Kier molecular flexibility index (Phi) is 4.50. The van der Waals surface area contributed by atoms with E-state index in [0.717, 1.165) is 30.8 Å². The van der Waals surface area contributed by atoms with Crippen LogP contribution in [0.2, 0.25) is 10.0 Å². The Balaban J connectivity index is 1.66. The first-order valence-corrected chi connectivity index (χ1v) is 8.20. The summed E-state index contributed by atoms with van der Waals surface area (Å²) in [7, 11) is 1.81. The molecular formula is C16H18Cl2N4O. The van der Waals surface area contributed by atoms with E-state index >= 15 is 0 Å². The minimum Gasteiger partial charge on any atom is -0.368 e. The molecule has 1 N–H and O–H groups in total. The molecule has 1 aliphatic heterocycles. The van der Waals surface area contributed by atoms with Gasteiger partial charge >= 0.3 is 0 Å². The van der Waals surface area contributed by atoms with Crippen LogP contribution in [-0.4, -0.2) is 34.8 Å². The van der Waals surface area contributed by atoms with Gasteiger partial charge in [0, 0.05) is 43.0 Å². The molecule has 5 nitrogen and oxygen atoms in total. The molecule has 0 aliphatic carbocycles. The van der Waals surface area contributed by atoms with E-state index in [2.05, 4.69) is 15.3 Å². The molecule has 0 bridgehead atoms. The molecule has 0 radical (unpaired) electrons. The fourth-order valence-electron chi connectivity index (χ4n) is 2.92. The summed E-state index contributed by atoms with van der Waals surface area (Å²) in [5, 5.41) is 8.51. The van der Waals surface area contributed by atoms with Crippen LogP contribution >= 0.6 is 23.2 Å². The van der Waals surface area contributed by atoms with Crippen molar-refractivity contribution in [3.63, 3.8) is 0 Å². The predicted molar refractivity (Wildman–Crippen MR) is 92.5 cm³/mol. The number of anilines is 1. The third-order valence-corrected chi connectivity index (χ3v) is 4.54. The maximum absolute atomic E-state index is 12.3. The second-order valence-electron chi connectivity index (χ2n) is 5.84. The molecule has 1 saturated heterocycles. The van der Waals surface area contributed by atoms with Crippen molar-refractivity contribution < 1.29 is 4.79 Å². The van der Waals surface area contributed by atoms with Crippen LogP contribution in [-0.2, 0) is 7.05 Å². The van der Waals surface area contributed by atoms with Crippen LogP contribution in [0.25, 0.3) is 0 Å². The quantitative estimate of drug-likeness (QED) is 0.923. The molecule has 122 valence electrons. The first-order valence-electron chi connectivity index (χ1n) is 7.45. The van der Waals surface area contributed by atoms with E-state index in [1.54, 1.807) is 10.7 Å². The zero-order valence-corrected chi connectivity index (χ0v) is 14.5. The number of amides is 1. The molecule has 1 atom stereocenters. The third kappa shape index (κ3) is 3.46. The predicted octanol–water partition coefficient (Wildman–Crippen LogP) is 3.04. The largest absolute Gasteiger partial charge is 0.368 e. The lowest BCUT2D eigenvalue weighted by Crippen LogP contribution is -2.37. The van der Waals surface area contributed by atoms with Gasteiger partial charge in [-0.05, 0) is 31.5 Å². The van der Waals surface area contributed by atoms with E-state index < -0.39 is 0 Å². The Bertz CT molecular complexity index is 744. The van der Waals surface area contributed by atoms with Crippen molar-refractivity contribution in [1.29, 1.82) is 0 Å². The van der Waals surface area contributed by atoms with Gasteiger partial charge in [-0.2, -0.15) is 5.10 Å². The highest BCUT2D eigenvalue weighted by molar-refractivity contribution is 6.36. The molecule has 1 aliphatic rings. The number of aromatic nitrogens is 2. The summed E-state index contributed by atoms with van der Waals surface area (Å²) in [4.78, 5) is 14.5. The van der Waals surface area contributed by atoms with Crippen LogP contribution in [0.1, 0.15) is 22.5 Å². The number of benzene rings is 1. The number of rotatable bonds is 3. The molecule has 0 saturated carbocycles. The van der Waals surface area contributed by atoms with Crippen molar-refractivity contribution in [3.8, 4) is 0 Å². The molecule has 23 heavy (non-hydrogen) atoms.